The maximum atomic E-state index is 5.90. The first kappa shape index (κ1) is 12.8. The highest BCUT2D eigenvalue weighted by atomic mass is 35.5. The minimum Gasteiger partial charge on any atom is -0.308 e. The van der Waals surface area contributed by atoms with Gasteiger partial charge in [-0.1, -0.05) is 31.4 Å². The van der Waals surface area contributed by atoms with E-state index < -0.39 is 0 Å². The van der Waals surface area contributed by atoms with Crippen molar-refractivity contribution in [3.8, 4) is 0 Å². The maximum absolute atomic E-state index is 5.90. The molecule has 0 saturated heterocycles. The molecule has 1 aromatic rings. The van der Waals surface area contributed by atoms with Crippen LogP contribution in [0.4, 0.5) is 0 Å². The van der Waals surface area contributed by atoms with Crippen molar-refractivity contribution in [2.75, 3.05) is 6.54 Å². The van der Waals surface area contributed by atoms with E-state index in [2.05, 4.69) is 23.3 Å². The Balaban J connectivity index is 2.10. The summed E-state index contributed by atoms with van der Waals surface area (Å²) in [6, 6.07) is 4.42. The van der Waals surface area contributed by atoms with Crippen molar-refractivity contribution in [1.29, 1.82) is 0 Å². The molecule has 2 nitrogen and oxygen atoms in total. The summed E-state index contributed by atoms with van der Waals surface area (Å²) < 4.78 is 0. The van der Waals surface area contributed by atoms with Crippen LogP contribution in [-0.4, -0.2) is 11.5 Å². The van der Waals surface area contributed by atoms with Crippen LogP contribution in [-0.2, 0) is 0 Å². The standard InChI is InChI=1S/C14H21ClN2/c1-2-9-16-14(11-5-3-4-6-11)13-8-7-12(15)10-17-13/h7-8,10-11,14,16H,2-6,9H2,1H3. The number of pyridine rings is 1. The molecule has 0 aromatic carbocycles. The van der Waals surface area contributed by atoms with E-state index >= 15 is 0 Å². The highest BCUT2D eigenvalue weighted by Crippen LogP contribution is 2.35. The van der Waals surface area contributed by atoms with E-state index in [1.165, 1.54) is 25.7 Å². The lowest BCUT2D eigenvalue weighted by Crippen LogP contribution is -2.28. The molecule has 1 aliphatic carbocycles. The second-order valence-electron chi connectivity index (χ2n) is 4.88. The molecule has 3 heteroatoms. The molecular weight excluding hydrogens is 232 g/mol. The number of halogens is 1. The number of nitrogens with zero attached hydrogens (tertiary/aromatic N) is 1. The predicted octanol–water partition coefficient (Wildman–Crippen LogP) is 3.97. The van der Waals surface area contributed by atoms with Crippen LogP contribution in [0.5, 0.6) is 0 Å². The Bertz CT molecular complexity index is 331. The minimum atomic E-state index is 0.412. The first-order chi connectivity index (χ1) is 8.31. The van der Waals surface area contributed by atoms with Crippen LogP contribution in [0.1, 0.15) is 50.8 Å². The van der Waals surface area contributed by atoms with Crippen LogP contribution in [0, 0.1) is 5.92 Å². The molecule has 0 bridgehead atoms. The summed E-state index contributed by atoms with van der Waals surface area (Å²) in [5, 5.41) is 4.36. The van der Waals surface area contributed by atoms with Crippen molar-refractivity contribution < 1.29 is 0 Å². The Morgan fingerprint density at radius 2 is 2.18 bits per heavy atom. The van der Waals surface area contributed by atoms with Gasteiger partial charge in [-0.15, -0.1) is 0 Å². The average molecular weight is 253 g/mol. The molecular formula is C14H21ClN2. The fraction of sp³-hybridized carbons (Fsp3) is 0.643. The van der Waals surface area contributed by atoms with Gasteiger partial charge in [0.1, 0.15) is 0 Å². The van der Waals surface area contributed by atoms with Gasteiger partial charge in [-0.25, -0.2) is 0 Å². The molecule has 1 heterocycles. The van der Waals surface area contributed by atoms with Crippen molar-refractivity contribution in [2.24, 2.45) is 5.92 Å². The highest BCUT2D eigenvalue weighted by Gasteiger charge is 2.26. The largest absolute Gasteiger partial charge is 0.308 e. The van der Waals surface area contributed by atoms with Crippen LogP contribution >= 0.6 is 11.6 Å². The molecule has 1 aliphatic rings. The summed E-state index contributed by atoms with van der Waals surface area (Å²) >= 11 is 5.90. The topological polar surface area (TPSA) is 24.9 Å². The first-order valence-electron chi connectivity index (χ1n) is 6.66. The Morgan fingerprint density at radius 1 is 1.41 bits per heavy atom. The molecule has 1 N–H and O–H groups in total. The first-order valence-corrected chi connectivity index (χ1v) is 7.04. The Labute approximate surface area is 109 Å². The quantitative estimate of drug-likeness (QED) is 0.858. The van der Waals surface area contributed by atoms with E-state index in [4.69, 9.17) is 11.6 Å². The normalized spacial score (nSPS) is 18.5. The Kier molecular flexibility index (Phi) is 4.81. The van der Waals surface area contributed by atoms with Crippen molar-refractivity contribution in [3.63, 3.8) is 0 Å². The number of nitrogens with one attached hydrogen (secondary N) is 1. The van der Waals surface area contributed by atoms with Crippen LogP contribution < -0.4 is 5.32 Å². The van der Waals surface area contributed by atoms with E-state index in [0.29, 0.717) is 6.04 Å². The summed E-state index contributed by atoms with van der Waals surface area (Å²) in [5.74, 6) is 0.746. The van der Waals surface area contributed by atoms with Gasteiger partial charge in [0.05, 0.1) is 16.8 Å². The predicted molar refractivity (Wildman–Crippen MR) is 72.2 cm³/mol. The SMILES string of the molecule is CCCNC(c1ccc(Cl)cn1)C1CCCC1. The summed E-state index contributed by atoms with van der Waals surface area (Å²) in [7, 11) is 0. The molecule has 0 aliphatic heterocycles. The van der Waals surface area contributed by atoms with Crippen molar-refractivity contribution in [1.82, 2.24) is 10.3 Å². The number of aromatic nitrogens is 1. The van der Waals surface area contributed by atoms with Gasteiger partial charge in [-0.2, -0.15) is 0 Å². The smallest absolute Gasteiger partial charge is 0.0589 e. The van der Waals surface area contributed by atoms with Crippen molar-refractivity contribution in [2.45, 2.75) is 45.1 Å². The second-order valence-corrected chi connectivity index (χ2v) is 5.31. The Morgan fingerprint density at radius 3 is 2.76 bits per heavy atom. The van der Waals surface area contributed by atoms with E-state index in [0.717, 1.165) is 29.6 Å². The monoisotopic (exact) mass is 252 g/mol. The van der Waals surface area contributed by atoms with Gasteiger partial charge in [-0.05, 0) is 43.9 Å². The third kappa shape index (κ3) is 3.43. The molecule has 0 spiro atoms. The number of hydrogen-bond acceptors (Lipinski definition) is 2. The van der Waals surface area contributed by atoms with E-state index in [1.54, 1.807) is 6.20 Å². The molecule has 1 fully saturated rings. The third-order valence-corrected chi connectivity index (χ3v) is 3.78. The zero-order valence-corrected chi connectivity index (χ0v) is 11.2. The summed E-state index contributed by atoms with van der Waals surface area (Å²) in [6.07, 6.45) is 8.30. The van der Waals surface area contributed by atoms with Crippen LogP contribution in [0.3, 0.4) is 0 Å². The molecule has 1 saturated carbocycles. The fourth-order valence-electron chi connectivity index (χ4n) is 2.67. The van der Waals surface area contributed by atoms with Crippen LogP contribution in [0.25, 0.3) is 0 Å². The average Bonchev–Trinajstić information content (AvgIpc) is 2.85. The van der Waals surface area contributed by atoms with Gasteiger partial charge >= 0.3 is 0 Å². The van der Waals surface area contributed by atoms with Gasteiger partial charge in [0, 0.05) is 6.20 Å². The van der Waals surface area contributed by atoms with Gasteiger partial charge in [0.15, 0.2) is 0 Å². The van der Waals surface area contributed by atoms with E-state index in [1.807, 2.05) is 6.07 Å². The second kappa shape index (κ2) is 6.36. The lowest BCUT2D eigenvalue weighted by atomic mass is 9.95. The molecule has 94 valence electrons. The minimum absolute atomic E-state index is 0.412. The zero-order chi connectivity index (χ0) is 12.1. The molecule has 0 radical (unpaired) electrons. The molecule has 1 aromatic heterocycles. The molecule has 1 unspecified atom stereocenters. The maximum Gasteiger partial charge on any atom is 0.0589 e. The Hall–Kier alpha value is -0.600. The zero-order valence-electron chi connectivity index (χ0n) is 10.5. The van der Waals surface area contributed by atoms with Gasteiger partial charge in [0.25, 0.3) is 0 Å². The molecule has 2 rings (SSSR count). The number of hydrogen-bond donors (Lipinski definition) is 1. The van der Waals surface area contributed by atoms with Gasteiger partial charge in [-0.3, -0.25) is 4.98 Å². The summed E-state index contributed by atoms with van der Waals surface area (Å²) in [4.78, 5) is 4.48. The van der Waals surface area contributed by atoms with E-state index in [-0.39, 0.29) is 0 Å². The van der Waals surface area contributed by atoms with Crippen molar-refractivity contribution in [3.05, 3.63) is 29.0 Å². The van der Waals surface area contributed by atoms with Gasteiger partial charge < -0.3 is 5.32 Å². The van der Waals surface area contributed by atoms with Gasteiger partial charge in [0.2, 0.25) is 0 Å². The highest BCUT2D eigenvalue weighted by molar-refractivity contribution is 6.30. The summed E-state index contributed by atoms with van der Waals surface area (Å²) in [5.41, 5.74) is 1.15. The lowest BCUT2D eigenvalue weighted by Gasteiger charge is -2.24. The number of rotatable bonds is 5. The fourth-order valence-corrected chi connectivity index (χ4v) is 2.79. The van der Waals surface area contributed by atoms with Crippen LogP contribution in [0.15, 0.2) is 18.3 Å². The van der Waals surface area contributed by atoms with E-state index in [9.17, 15) is 0 Å². The van der Waals surface area contributed by atoms with Crippen molar-refractivity contribution >= 4 is 11.6 Å². The van der Waals surface area contributed by atoms with Crippen LogP contribution in [0.2, 0.25) is 5.02 Å². The lowest BCUT2D eigenvalue weighted by molar-refractivity contribution is 0.361. The summed E-state index contributed by atoms with van der Waals surface area (Å²) in [6.45, 7) is 3.26. The molecule has 1 atom stereocenters. The third-order valence-electron chi connectivity index (χ3n) is 3.55. The molecule has 17 heavy (non-hydrogen) atoms. The molecule has 0 amide bonds.